The number of rotatable bonds is 12. The number of esters is 2. The smallest absolute Gasteiger partial charge is 0.416 e. The number of hydrogen-bond acceptors (Lipinski definition) is 11. The van der Waals surface area contributed by atoms with Crippen molar-refractivity contribution >= 4 is 51.9 Å². The van der Waals surface area contributed by atoms with Gasteiger partial charge in [0.05, 0.1) is 48.1 Å². The Bertz CT molecular complexity index is 1730. The number of nitrogens with zero attached hydrogens (tertiary/aromatic N) is 3. The number of ether oxygens (including phenoxy) is 2. The maximum atomic E-state index is 13.6. The van der Waals surface area contributed by atoms with Crippen molar-refractivity contribution in [1.82, 2.24) is 20.1 Å². The second-order valence-electron chi connectivity index (χ2n) is 9.39. The lowest BCUT2D eigenvalue weighted by atomic mass is 10.1. The van der Waals surface area contributed by atoms with Crippen LogP contribution in [0.15, 0.2) is 52.2 Å². The van der Waals surface area contributed by atoms with Crippen molar-refractivity contribution < 1.29 is 46.2 Å². The van der Waals surface area contributed by atoms with Gasteiger partial charge in [-0.1, -0.05) is 17.8 Å². The van der Waals surface area contributed by atoms with Gasteiger partial charge in [0.15, 0.2) is 16.7 Å². The lowest BCUT2D eigenvalue weighted by Gasteiger charge is -2.15. The quantitative estimate of drug-likeness (QED) is 0.142. The van der Waals surface area contributed by atoms with Crippen LogP contribution in [0.4, 0.5) is 18.2 Å². The number of hydrogen-bond donors (Lipinski definition) is 2. The molecule has 0 aliphatic rings. The maximum absolute atomic E-state index is 13.6. The van der Waals surface area contributed by atoms with Crippen LogP contribution in [0.1, 0.15) is 68.3 Å². The number of amides is 2. The minimum Gasteiger partial charge on any atom is -0.462 e. The van der Waals surface area contributed by atoms with E-state index < -0.39 is 40.7 Å². The van der Waals surface area contributed by atoms with Crippen molar-refractivity contribution in [2.75, 3.05) is 18.5 Å². The largest absolute Gasteiger partial charge is 0.462 e. The van der Waals surface area contributed by atoms with Crippen molar-refractivity contribution in [2.45, 2.75) is 50.8 Å². The lowest BCUT2D eigenvalue weighted by molar-refractivity contribution is -0.137. The minimum atomic E-state index is -4.64. The van der Waals surface area contributed by atoms with E-state index in [0.717, 1.165) is 35.2 Å². The summed E-state index contributed by atoms with van der Waals surface area (Å²) in [6.45, 7) is 6.20. The number of anilines is 1. The zero-order valence-corrected chi connectivity index (χ0v) is 26.5. The van der Waals surface area contributed by atoms with Crippen LogP contribution in [-0.4, -0.2) is 57.0 Å². The number of alkyl halides is 3. The number of halogens is 3. The monoisotopic (exact) mass is 679 g/mol. The van der Waals surface area contributed by atoms with Crippen molar-refractivity contribution in [3.8, 4) is 5.69 Å². The fourth-order valence-electron chi connectivity index (χ4n) is 4.09. The van der Waals surface area contributed by atoms with E-state index in [1.807, 2.05) is 0 Å². The Kier molecular flexibility index (Phi) is 10.9. The van der Waals surface area contributed by atoms with Crippen LogP contribution in [0.3, 0.4) is 0 Å². The van der Waals surface area contributed by atoms with Gasteiger partial charge in [0.25, 0.3) is 5.91 Å². The third-order valence-electron chi connectivity index (χ3n) is 6.26. The highest BCUT2D eigenvalue weighted by Gasteiger charge is 2.32. The van der Waals surface area contributed by atoms with E-state index in [4.69, 9.17) is 13.9 Å². The summed E-state index contributed by atoms with van der Waals surface area (Å²) in [7, 11) is 0. The standard InChI is InChI=1S/C29H28F3N5O7S2/c1-5-42-26(40)21-15(3)22(27(41)43-6-2)46-25(21)34-23(38)16(4)45-28-36-35-20(14-33-24(39)19-11-8-12-44-19)37(28)18-10-7-9-17(13-18)29(30,31)32/h7-13,16H,5-6,14H2,1-4H3,(H,33,39)(H,34,38). The van der Waals surface area contributed by atoms with Crippen LogP contribution < -0.4 is 10.6 Å². The first-order chi connectivity index (χ1) is 21.8. The number of thiophene rings is 1. The topological polar surface area (TPSA) is 155 Å². The Hall–Kier alpha value is -4.64. The molecule has 12 nitrogen and oxygen atoms in total. The van der Waals surface area contributed by atoms with Crippen LogP contribution in [0.25, 0.3) is 5.69 Å². The molecule has 244 valence electrons. The summed E-state index contributed by atoms with van der Waals surface area (Å²) in [5.74, 6) is -2.52. The summed E-state index contributed by atoms with van der Waals surface area (Å²) in [6, 6.07) is 7.38. The van der Waals surface area contributed by atoms with Gasteiger partial charge in [0.1, 0.15) is 9.88 Å². The van der Waals surface area contributed by atoms with Crippen molar-refractivity contribution in [1.29, 1.82) is 0 Å². The Morgan fingerprint density at radius 1 is 1.07 bits per heavy atom. The fraction of sp³-hybridized carbons (Fsp3) is 0.310. The summed E-state index contributed by atoms with van der Waals surface area (Å²) < 4.78 is 57.3. The Labute approximate surface area is 268 Å². The van der Waals surface area contributed by atoms with E-state index in [2.05, 4.69) is 20.8 Å². The molecule has 0 spiro atoms. The van der Waals surface area contributed by atoms with Crippen LogP contribution >= 0.6 is 23.1 Å². The molecule has 1 atom stereocenters. The van der Waals surface area contributed by atoms with Crippen LogP contribution in [0.5, 0.6) is 0 Å². The van der Waals surface area contributed by atoms with E-state index in [9.17, 15) is 32.3 Å². The number of carbonyl (C=O) groups excluding carboxylic acids is 4. The first-order valence-corrected chi connectivity index (χ1v) is 15.4. The molecular weight excluding hydrogens is 651 g/mol. The maximum Gasteiger partial charge on any atom is 0.416 e. The Morgan fingerprint density at radius 2 is 1.78 bits per heavy atom. The highest BCUT2D eigenvalue weighted by atomic mass is 32.2. The molecule has 2 amide bonds. The second kappa shape index (κ2) is 14.6. The number of thioether (sulfide) groups is 1. The Morgan fingerprint density at radius 3 is 2.43 bits per heavy atom. The zero-order chi connectivity index (χ0) is 33.6. The Balaban J connectivity index is 1.64. The van der Waals surface area contributed by atoms with Crippen molar-refractivity contribution in [3.63, 3.8) is 0 Å². The van der Waals surface area contributed by atoms with E-state index in [1.165, 1.54) is 48.9 Å². The molecule has 2 N–H and O–H groups in total. The number of aromatic nitrogens is 3. The van der Waals surface area contributed by atoms with Gasteiger partial charge in [0, 0.05) is 0 Å². The molecular formula is C29H28F3N5O7S2. The third kappa shape index (κ3) is 7.77. The molecule has 1 unspecified atom stereocenters. The van der Waals surface area contributed by atoms with Crippen molar-refractivity contribution in [3.05, 3.63) is 75.8 Å². The van der Waals surface area contributed by atoms with E-state index in [1.54, 1.807) is 13.8 Å². The predicted molar refractivity (Wildman–Crippen MR) is 161 cm³/mol. The molecule has 0 saturated heterocycles. The number of furan rings is 1. The average Bonchev–Trinajstić information content (AvgIpc) is 3.75. The van der Waals surface area contributed by atoms with E-state index in [0.29, 0.717) is 0 Å². The first-order valence-electron chi connectivity index (χ1n) is 13.7. The molecule has 3 aromatic heterocycles. The van der Waals surface area contributed by atoms with Gasteiger partial charge in [-0.3, -0.25) is 14.2 Å². The summed E-state index contributed by atoms with van der Waals surface area (Å²) in [5, 5.41) is 12.6. The van der Waals surface area contributed by atoms with Crippen LogP contribution in [0, 0.1) is 6.92 Å². The highest BCUT2D eigenvalue weighted by molar-refractivity contribution is 8.00. The van der Waals surface area contributed by atoms with Crippen molar-refractivity contribution in [2.24, 2.45) is 0 Å². The molecule has 17 heteroatoms. The molecule has 3 heterocycles. The van der Waals surface area contributed by atoms with Gasteiger partial charge in [-0.25, -0.2) is 9.59 Å². The van der Waals surface area contributed by atoms with Crippen LogP contribution in [0.2, 0.25) is 0 Å². The van der Waals surface area contributed by atoms with Gasteiger partial charge in [-0.2, -0.15) is 13.2 Å². The highest BCUT2D eigenvalue weighted by Crippen LogP contribution is 2.36. The van der Waals surface area contributed by atoms with Gasteiger partial charge >= 0.3 is 18.1 Å². The average molecular weight is 680 g/mol. The van der Waals surface area contributed by atoms with Gasteiger partial charge in [-0.15, -0.1) is 21.5 Å². The molecule has 0 aliphatic carbocycles. The van der Waals surface area contributed by atoms with Gasteiger partial charge < -0.3 is 24.5 Å². The normalized spacial score (nSPS) is 12.0. The molecule has 0 fully saturated rings. The SMILES string of the molecule is CCOC(=O)c1sc(NC(=O)C(C)Sc2nnc(CNC(=O)c3ccco3)n2-c2cccc(C(F)(F)F)c2)c(C(=O)OCC)c1C. The zero-order valence-electron chi connectivity index (χ0n) is 24.9. The number of nitrogens with one attached hydrogen (secondary N) is 2. The number of carbonyl (C=O) groups is 4. The first kappa shape index (κ1) is 34.2. The number of benzene rings is 1. The molecule has 0 radical (unpaired) electrons. The molecule has 4 rings (SSSR count). The predicted octanol–water partition coefficient (Wildman–Crippen LogP) is 5.65. The third-order valence-corrected chi connectivity index (χ3v) is 8.49. The molecule has 46 heavy (non-hydrogen) atoms. The van der Waals surface area contributed by atoms with E-state index in [-0.39, 0.29) is 63.2 Å². The molecule has 0 bridgehead atoms. The van der Waals surface area contributed by atoms with Crippen LogP contribution in [-0.2, 0) is 27.0 Å². The molecule has 0 saturated carbocycles. The molecule has 0 aliphatic heterocycles. The summed E-state index contributed by atoms with van der Waals surface area (Å²) in [6.07, 6.45) is -3.33. The molecule has 4 aromatic rings. The summed E-state index contributed by atoms with van der Waals surface area (Å²) in [5.41, 5.74) is -0.608. The lowest BCUT2D eigenvalue weighted by Crippen LogP contribution is -2.25. The fourth-order valence-corrected chi connectivity index (χ4v) is 6.07. The van der Waals surface area contributed by atoms with E-state index >= 15 is 0 Å². The van der Waals surface area contributed by atoms with Gasteiger partial charge in [0.2, 0.25) is 5.91 Å². The summed E-state index contributed by atoms with van der Waals surface area (Å²) in [4.78, 5) is 51.2. The minimum absolute atomic E-state index is 0.00201. The second-order valence-corrected chi connectivity index (χ2v) is 11.7. The summed E-state index contributed by atoms with van der Waals surface area (Å²) >= 11 is 1.72. The molecule has 1 aromatic carbocycles. The van der Waals surface area contributed by atoms with Gasteiger partial charge in [-0.05, 0) is 63.6 Å².